The predicted molar refractivity (Wildman–Crippen MR) is 80.8 cm³/mol. The summed E-state index contributed by atoms with van der Waals surface area (Å²) in [5, 5.41) is 5.57. The maximum atomic E-state index is 14.1. The Bertz CT molecular complexity index is 759. The van der Waals surface area contributed by atoms with E-state index in [-0.39, 0.29) is 5.82 Å². The van der Waals surface area contributed by atoms with Crippen LogP contribution in [0.2, 0.25) is 5.02 Å². The van der Waals surface area contributed by atoms with E-state index in [1.807, 2.05) is 13.0 Å². The summed E-state index contributed by atoms with van der Waals surface area (Å²) in [7, 11) is 0. The van der Waals surface area contributed by atoms with Crippen LogP contribution in [0.1, 0.15) is 16.1 Å². The Hall–Kier alpha value is -1.43. The minimum Gasteiger partial charge on any atom is -0.326 e. The Labute approximate surface area is 124 Å². The Morgan fingerprint density at radius 1 is 1.45 bits per heavy atom. The molecule has 1 aromatic carbocycles. The molecule has 0 aliphatic heterocycles. The van der Waals surface area contributed by atoms with Crippen LogP contribution in [0.4, 0.5) is 4.39 Å². The van der Waals surface area contributed by atoms with E-state index < -0.39 is 0 Å². The van der Waals surface area contributed by atoms with Crippen molar-refractivity contribution in [1.29, 1.82) is 0 Å². The second kappa shape index (κ2) is 5.16. The molecule has 0 aliphatic carbocycles. The summed E-state index contributed by atoms with van der Waals surface area (Å²) < 4.78 is 16.7. The zero-order chi connectivity index (χ0) is 14.3. The molecule has 0 bridgehead atoms. The number of nitrogens with zero attached hydrogens (tertiary/aromatic N) is 2. The molecule has 0 saturated heterocycles. The van der Waals surface area contributed by atoms with Crippen molar-refractivity contribution in [3.8, 4) is 0 Å². The molecule has 0 unspecified atom stereocenters. The van der Waals surface area contributed by atoms with E-state index in [9.17, 15) is 4.39 Å². The highest BCUT2D eigenvalue weighted by atomic mass is 35.5. The zero-order valence-electron chi connectivity index (χ0n) is 10.9. The fourth-order valence-corrected chi connectivity index (χ4v) is 3.54. The lowest BCUT2D eigenvalue weighted by molar-refractivity contribution is 0.634. The lowest BCUT2D eigenvalue weighted by Crippen LogP contribution is -2.05. The van der Waals surface area contributed by atoms with Crippen molar-refractivity contribution >= 4 is 33.0 Å². The molecule has 2 aromatic heterocycles. The van der Waals surface area contributed by atoms with Gasteiger partial charge in [0, 0.05) is 27.7 Å². The zero-order valence-corrected chi connectivity index (χ0v) is 12.4. The van der Waals surface area contributed by atoms with Crippen LogP contribution in [0.3, 0.4) is 0 Å². The Balaban J connectivity index is 2.14. The van der Waals surface area contributed by atoms with Crippen molar-refractivity contribution < 1.29 is 4.39 Å². The molecule has 3 rings (SSSR count). The minimum absolute atomic E-state index is 0.219. The van der Waals surface area contributed by atoms with Gasteiger partial charge in [0.15, 0.2) is 0 Å². The summed E-state index contributed by atoms with van der Waals surface area (Å²) in [6.07, 6.45) is 1.75. The SMILES string of the molecule is Cc1nn(Cc2c(CN)sc3cccc(F)c23)cc1Cl. The van der Waals surface area contributed by atoms with E-state index in [0.717, 1.165) is 20.8 Å². The average Bonchev–Trinajstić information content (AvgIpc) is 2.92. The Morgan fingerprint density at radius 2 is 2.25 bits per heavy atom. The Kier molecular flexibility index (Phi) is 3.50. The first-order valence-electron chi connectivity index (χ1n) is 6.18. The maximum absolute atomic E-state index is 14.1. The number of aromatic nitrogens is 2. The van der Waals surface area contributed by atoms with Crippen molar-refractivity contribution in [3.05, 3.63) is 51.4 Å². The third-order valence-electron chi connectivity index (χ3n) is 3.24. The van der Waals surface area contributed by atoms with Crippen molar-refractivity contribution in [1.82, 2.24) is 9.78 Å². The monoisotopic (exact) mass is 309 g/mol. The molecule has 2 heterocycles. The number of benzene rings is 1. The topological polar surface area (TPSA) is 43.8 Å². The van der Waals surface area contributed by atoms with E-state index in [1.54, 1.807) is 16.9 Å². The Morgan fingerprint density at radius 3 is 2.90 bits per heavy atom. The minimum atomic E-state index is -0.219. The summed E-state index contributed by atoms with van der Waals surface area (Å²) in [6, 6.07) is 5.10. The summed E-state index contributed by atoms with van der Waals surface area (Å²) in [5.74, 6) is -0.219. The highest BCUT2D eigenvalue weighted by molar-refractivity contribution is 7.19. The maximum Gasteiger partial charge on any atom is 0.132 e. The molecule has 20 heavy (non-hydrogen) atoms. The van der Waals surface area contributed by atoms with Gasteiger partial charge < -0.3 is 5.73 Å². The third kappa shape index (κ3) is 2.22. The van der Waals surface area contributed by atoms with Gasteiger partial charge in [-0.15, -0.1) is 11.3 Å². The van der Waals surface area contributed by atoms with Gasteiger partial charge in [-0.2, -0.15) is 5.10 Å². The van der Waals surface area contributed by atoms with Crippen LogP contribution in [0.15, 0.2) is 24.4 Å². The van der Waals surface area contributed by atoms with Crippen molar-refractivity contribution in [2.24, 2.45) is 5.73 Å². The van der Waals surface area contributed by atoms with E-state index in [0.29, 0.717) is 23.5 Å². The second-order valence-electron chi connectivity index (χ2n) is 4.58. The summed E-state index contributed by atoms with van der Waals surface area (Å²) in [5.41, 5.74) is 7.44. The van der Waals surface area contributed by atoms with Crippen LogP contribution in [-0.2, 0) is 13.1 Å². The van der Waals surface area contributed by atoms with Crippen LogP contribution in [-0.4, -0.2) is 9.78 Å². The van der Waals surface area contributed by atoms with Crippen molar-refractivity contribution in [2.75, 3.05) is 0 Å². The lowest BCUT2D eigenvalue weighted by atomic mass is 10.1. The number of nitrogens with two attached hydrogens (primary N) is 1. The molecule has 0 radical (unpaired) electrons. The van der Waals surface area contributed by atoms with Gasteiger partial charge in [-0.1, -0.05) is 17.7 Å². The molecule has 0 aliphatic rings. The largest absolute Gasteiger partial charge is 0.326 e. The van der Waals surface area contributed by atoms with E-state index in [4.69, 9.17) is 17.3 Å². The van der Waals surface area contributed by atoms with Gasteiger partial charge in [-0.05, 0) is 24.6 Å². The van der Waals surface area contributed by atoms with Gasteiger partial charge in [0.1, 0.15) is 5.82 Å². The number of aryl methyl sites for hydroxylation is 1. The molecule has 0 atom stereocenters. The molecular formula is C14H13ClFN3S. The molecule has 0 spiro atoms. The molecule has 0 saturated carbocycles. The standard InChI is InChI=1S/C14H13ClFN3S/c1-8-10(15)7-19(18-8)6-9-13(5-17)20-12-4-2-3-11(16)14(9)12/h2-4,7H,5-6,17H2,1H3. The highest BCUT2D eigenvalue weighted by Gasteiger charge is 2.15. The quantitative estimate of drug-likeness (QED) is 0.801. The smallest absolute Gasteiger partial charge is 0.132 e. The molecule has 0 amide bonds. The lowest BCUT2D eigenvalue weighted by Gasteiger charge is -2.04. The first kappa shape index (κ1) is 13.5. The summed E-state index contributed by atoms with van der Waals surface area (Å²) in [6.45, 7) is 2.71. The predicted octanol–water partition coefficient (Wildman–Crippen LogP) is 3.71. The van der Waals surface area contributed by atoms with Gasteiger partial charge in [0.25, 0.3) is 0 Å². The van der Waals surface area contributed by atoms with Gasteiger partial charge in [-0.25, -0.2) is 4.39 Å². The first-order valence-corrected chi connectivity index (χ1v) is 7.38. The number of halogens is 2. The van der Waals surface area contributed by atoms with Gasteiger partial charge in [0.2, 0.25) is 0 Å². The van der Waals surface area contributed by atoms with E-state index >= 15 is 0 Å². The number of fused-ring (bicyclic) bond motifs is 1. The van der Waals surface area contributed by atoms with Crippen LogP contribution in [0.5, 0.6) is 0 Å². The fourth-order valence-electron chi connectivity index (χ4n) is 2.28. The van der Waals surface area contributed by atoms with Gasteiger partial charge in [-0.3, -0.25) is 4.68 Å². The summed E-state index contributed by atoms with van der Waals surface area (Å²) >= 11 is 7.54. The van der Waals surface area contributed by atoms with Crippen LogP contribution >= 0.6 is 22.9 Å². The van der Waals surface area contributed by atoms with Crippen molar-refractivity contribution in [2.45, 2.75) is 20.0 Å². The molecule has 104 valence electrons. The van der Waals surface area contributed by atoms with Gasteiger partial charge >= 0.3 is 0 Å². The molecule has 3 nitrogen and oxygen atoms in total. The van der Waals surface area contributed by atoms with Crippen LogP contribution in [0.25, 0.3) is 10.1 Å². The first-order chi connectivity index (χ1) is 9.60. The number of hydrogen-bond acceptors (Lipinski definition) is 3. The van der Waals surface area contributed by atoms with E-state index in [1.165, 1.54) is 17.4 Å². The third-order valence-corrected chi connectivity index (χ3v) is 4.83. The molecule has 6 heteroatoms. The van der Waals surface area contributed by atoms with Crippen LogP contribution in [0, 0.1) is 12.7 Å². The summed E-state index contributed by atoms with van der Waals surface area (Å²) in [4.78, 5) is 0.981. The number of hydrogen-bond donors (Lipinski definition) is 1. The molecule has 0 fully saturated rings. The normalized spacial score (nSPS) is 11.4. The van der Waals surface area contributed by atoms with Crippen LogP contribution < -0.4 is 5.73 Å². The number of rotatable bonds is 3. The highest BCUT2D eigenvalue weighted by Crippen LogP contribution is 2.33. The molecule has 3 aromatic rings. The fraction of sp³-hybridized carbons (Fsp3) is 0.214. The average molecular weight is 310 g/mol. The molecule has 2 N–H and O–H groups in total. The van der Waals surface area contributed by atoms with E-state index in [2.05, 4.69) is 5.10 Å². The second-order valence-corrected chi connectivity index (χ2v) is 6.12. The number of thiophene rings is 1. The molecular weight excluding hydrogens is 297 g/mol. The van der Waals surface area contributed by atoms with Crippen molar-refractivity contribution in [3.63, 3.8) is 0 Å². The van der Waals surface area contributed by atoms with Gasteiger partial charge in [0.05, 0.1) is 17.3 Å².